The summed E-state index contributed by atoms with van der Waals surface area (Å²) in [7, 11) is 0. The van der Waals surface area contributed by atoms with Gasteiger partial charge in [0.05, 0.1) is 17.6 Å². The van der Waals surface area contributed by atoms with Gasteiger partial charge in [-0.3, -0.25) is 4.79 Å². The van der Waals surface area contributed by atoms with Gasteiger partial charge in [-0.1, -0.05) is 36.7 Å². The summed E-state index contributed by atoms with van der Waals surface area (Å²) in [4.78, 5) is 16.3. The fourth-order valence-electron chi connectivity index (χ4n) is 3.12. The van der Waals surface area contributed by atoms with Crippen LogP contribution in [0.15, 0.2) is 42.5 Å². The normalized spacial score (nSPS) is 11.1. The Kier molecular flexibility index (Phi) is 6.45. The van der Waals surface area contributed by atoms with Crippen LogP contribution in [0.3, 0.4) is 0 Å². The van der Waals surface area contributed by atoms with E-state index in [-0.39, 0.29) is 11.7 Å². The molecule has 0 aliphatic rings. The summed E-state index contributed by atoms with van der Waals surface area (Å²) in [6.07, 6.45) is 2.84. The van der Waals surface area contributed by atoms with E-state index in [4.69, 9.17) is 16.6 Å². The molecule has 4 nitrogen and oxygen atoms in total. The first-order chi connectivity index (χ1) is 13.1. The number of nitrogens with zero attached hydrogens (tertiary/aromatic N) is 2. The first-order valence-corrected chi connectivity index (χ1v) is 9.61. The van der Waals surface area contributed by atoms with E-state index in [1.807, 2.05) is 35.8 Å². The third kappa shape index (κ3) is 4.66. The van der Waals surface area contributed by atoms with Crippen molar-refractivity contribution in [3.05, 3.63) is 64.7 Å². The highest BCUT2D eigenvalue weighted by atomic mass is 35.5. The van der Waals surface area contributed by atoms with Gasteiger partial charge in [-0.25, -0.2) is 9.37 Å². The van der Waals surface area contributed by atoms with Crippen molar-refractivity contribution in [2.45, 2.75) is 39.2 Å². The number of para-hydroxylation sites is 2. The van der Waals surface area contributed by atoms with Gasteiger partial charge in [0.15, 0.2) is 0 Å². The highest BCUT2D eigenvalue weighted by Gasteiger charge is 2.14. The summed E-state index contributed by atoms with van der Waals surface area (Å²) in [5.74, 6) is 0.613. The predicted octanol–water partition coefficient (Wildman–Crippen LogP) is 4.73. The molecule has 27 heavy (non-hydrogen) atoms. The second-order valence-corrected chi connectivity index (χ2v) is 6.91. The second kappa shape index (κ2) is 9.00. The Bertz CT molecular complexity index is 918. The van der Waals surface area contributed by atoms with Gasteiger partial charge in [0.2, 0.25) is 5.91 Å². The number of aromatic nitrogens is 2. The zero-order chi connectivity index (χ0) is 19.2. The maximum Gasteiger partial charge on any atom is 0.219 e. The molecule has 0 fully saturated rings. The van der Waals surface area contributed by atoms with Crippen molar-refractivity contribution >= 4 is 28.5 Å². The number of carbonyl (C=O) groups is 1. The molecule has 0 atom stereocenters. The largest absolute Gasteiger partial charge is 0.356 e. The molecule has 3 rings (SSSR count). The van der Waals surface area contributed by atoms with E-state index in [0.717, 1.165) is 29.7 Å². The summed E-state index contributed by atoms with van der Waals surface area (Å²) in [5, 5.41) is 3.33. The third-order valence-corrected chi connectivity index (χ3v) is 4.84. The highest BCUT2D eigenvalue weighted by molar-refractivity contribution is 6.31. The molecular formula is C21H23ClFN3O. The Hall–Kier alpha value is -2.40. The maximum atomic E-state index is 14.3. The van der Waals surface area contributed by atoms with Crippen LogP contribution in [0, 0.1) is 5.82 Å². The average molecular weight is 388 g/mol. The molecule has 1 N–H and O–H groups in total. The van der Waals surface area contributed by atoms with Crippen LogP contribution in [0.4, 0.5) is 4.39 Å². The monoisotopic (exact) mass is 387 g/mol. The molecule has 0 saturated heterocycles. The van der Waals surface area contributed by atoms with Crippen molar-refractivity contribution in [3.63, 3.8) is 0 Å². The number of nitrogens with one attached hydrogen (secondary N) is 1. The minimum Gasteiger partial charge on any atom is -0.356 e. The van der Waals surface area contributed by atoms with Crippen molar-refractivity contribution in [3.8, 4) is 0 Å². The molecule has 0 bridgehead atoms. The molecule has 0 saturated carbocycles. The van der Waals surface area contributed by atoms with Crippen LogP contribution in [0.25, 0.3) is 11.0 Å². The fraction of sp³-hybridized carbons (Fsp3) is 0.333. The van der Waals surface area contributed by atoms with E-state index in [9.17, 15) is 9.18 Å². The van der Waals surface area contributed by atoms with Gasteiger partial charge in [-0.15, -0.1) is 0 Å². The number of benzene rings is 2. The van der Waals surface area contributed by atoms with Gasteiger partial charge in [-0.05, 0) is 37.1 Å². The molecule has 1 heterocycles. The minimum absolute atomic E-state index is 0.0733. The number of hydrogen-bond donors (Lipinski definition) is 1. The summed E-state index contributed by atoms with van der Waals surface area (Å²) in [6, 6.07) is 12.5. The van der Waals surface area contributed by atoms with Crippen LogP contribution in [-0.4, -0.2) is 22.0 Å². The first-order valence-electron chi connectivity index (χ1n) is 9.24. The predicted molar refractivity (Wildman–Crippen MR) is 106 cm³/mol. The number of imidazole rings is 1. The lowest BCUT2D eigenvalue weighted by atomic mass is 10.2. The molecule has 2 aromatic carbocycles. The van der Waals surface area contributed by atoms with E-state index in [2.05, 4.69) is 5.32 Å². The quantitative estimate of drug-likeness (QED) is 0.568. The molecule has 142 valence electrons. The summed E-state index contributed by atoms with van der Waals surface area (Å²) in [6.45, 7) is 2.90. The van der Waals surface area contributed by atoms with Crippen molar-refractivity contribution in [1.29, 1.82) is 0 Å². The van der Waals surface area contributed by atoms with Gasteiger partial charge in [0.1, 0.15) is 11.6 Å². The minimum atomic E-state index is -0.321. The lowest BCUT2D eigenvalue weighted by Crippen LogP contribution is -2.24. The number of carbonyl (C=O) groups excluding carboxylic acids is 1. The second-order valence-electron chi connectivity index (χ2n) is 6.51. The molecule has 1 amide bonds. The van der Waals surface area contributed by atoms with Gasteiger partial charge in [0, 0.05) is 30.0 Å². The molecule has 1 aromatic heterocycles. The van der Waals surface area contributed by atoms with Crippen LogP contribution in [-0.2, 0) is 17.8 Å². The van der Waals surface area contributed by atoms with Gasteiger partial charge in [-0.2, -0.15) is 0 Å². The molecule has 0 radical (unpaired) electrons. The Morgan fingerprint density at radius 2 is 2.04 bits per heavy atom. The summed E-state index contributed by atoms with van der Waals surface area (Å²) >= 11 is 6.22. The van der Waals surface area contributed by atoms with Gasteiger partial charge < -0.3 is 9.88 Å². The summed E-state index contributed by atoms with van der Waals surface area (Å²) < 4.78 is 16.3. The smallest absolute Gasteiger partial charge is 0.219 e. The number of aryl methyl sites for hydroxylation is 1. The Morgan fingerprint density at radius 3 is 2.81 bits per heavy atom. The number of rotatable bonds is 8. The van der Waals surface area contributed by atoms with Crippen molar-refractivity contribution < 1.29 is 9.18 Å². The van der Waals surface area contributed by atoms with E-state index in [1.54, 1.807) is 12.1 Å². The molecular weight excluding hydrogens is 365 g/mol. The van der Waals surface area contributed by atoms with Crippen molar-refractivity contribution in [2.75, 3.05) is 6.54 Å². The lowest BCUT2D eigenvalue weighted by Gasteiger charge is -2.12. The Labute approximate surface area is 163 Å². The van der Waals surface area contributed by atoms with Crippen molar-refractivity contribution in [1.82, 2.24) is 14.9 Å². The standard InChI is InChI=1S/C21H23ClFN3O/c1-2-7-21(27)24-13-6-12-20-25-18-10-3-4-11-19(18)26(20)14-15-16(22)8-5-9-17(15)23/h3-5,8-11H,2,6-7,12-14H2,1H3,(H,24,27). The Balaban J connectivity index is 1.81. The molecule has 0 aliphatic heterocycles. The number of fused-ring (bicyclic) bond motifs is 1. The molecule has 0 unspecified atom stereocenters. The number of amides is 1. The van der Waals surface area contributed by atoms with Crippen LogP contribution in [0.5, 0.6) is 0 Å². The third-order valence-electron chi connectivity index (χ3n) is 4.49. The molecule has 6 heteroatoms. The maximum absolute atomic E-state index is 14.3. The van der Waals surface area contributed by atoms with Gasteiger partial charge >= 0.3 is 0 Å². The van der Waals surface area contributed by atoms with Crippen LogP contribution < -0.4 is 5.32 Å². The van der Waals surface area contributed by atoms with E-state index in [0.29, 0.717) is 36.5 Å². The van der Waals surface area contributed by atoms with E-state index < -0.39 is 0 Å². The van der Waals surface area contributed by atoms with E-state index in [1.165, 1.54) is 6.07 Å². The molecule has 3 aromatic rings. The summed E-state index contributed by atoms with van der Waals surface area (Å²) in [5.41, 5.74) is 2.27. The average Bonchev–Trinajstić information content (AvgIpc) is 3.00. The fourth-order valence-corrected chi connectivity index (χ4v) is 3.35. The number of halogens is 2. The molecule has 0 aliphatic carbocycles. The SMILES string of the molecule is CCCC(=O)NCCCc1nc2ccccc2n1Cc1c(F)cccc1Cl. The van der Waals surface area contributed by atoms with Crippen LogP contribution >= 0.6 is 11.6 Å². The number of hydrogen-bond acceptors (Lipinski definition) is 2. The molecule has 0 spiro atoms. The van der Waals surface area contributed by atoms with E-state index >= 15 is 0 Å². The highest BCUT2D eigenvalue weighted by Crippen LogP contribution is 2.24. The first kappa shape index (κ1) is 19.4. The zero-order valence-electron chi connectivity index (χ0n) is 15.3. The van der Waals surface area contributed by atoms with Crippen LogP contribution in [0.1, 0.15) is 37.6 Å². The van der Waals surface area contributed by atoms with Crippen molar-refractivity contribution in [2.24, 2.45) is 0 Å². The topological polar surface area (TPSA) is 46.9 Å². The van der Waals surface area contributed by atoms with Crippen LogP contribution in [0.2, 0.25) is 5.02 Å². The lowest BCUT2D eigenvalue weighted by molar-refractivity contribution is -0.121. The Morgan fingerprint density at radius 1 is 1.22 bits per heavy atom. The zero-order valence-corrected chi connectivity index (χ0v) is 16.1. The van der Waals surface area contributed by atoms with Gasteiger partial charge in [0.25, 0.3) is 0 Å².